The molecule has 22 heavy (non-hydrogen) atoms. The smallest absolute Gasteiger partial charge is 0.0835 e. The van der Waals surface area contributed by atoms with Crippen molar-refractivity contribution in [2.45, 2.75) is 25.9 Å². The van der Waals surface area contributed by atoms with Crippen LogP contribution in [0.5, 0.6) is 0 Å². The first-order chi connectivity index (χ1) is 10.6. The zero-order valence-electron chi connectivity index (χ0n) is 12.6. The molecule has 1 fully saturated rings. The van der Waals surface area contributed by atoms with E-state index in [4.69, 9.17) is 27.4 Å². The summed E-state index contributed by atoms with van der Waals surface area (Å²) in [5, 5.41) is 1.57. The van der Waals surface area contributed by atoms with Crippen molar-refractivity contribution in [3.63, 3.8) is 0 Å². The molecule has 0 bridgehead atoms. The zero-order valence-corrected chi connectivity index (χ0v) is 14.9. The Balaban J connectivity index is 0.000000211. The normalized spacial score (nSPS) is 18.1. The maximum absolute atomic E-state index is 5.87. The summed E-state index contributed by atoms with van der Waals surface area (Å²) in [7, 11) is 0. The van der Waals surface area contributed by atoms with E-state index in [9.17, 15) is 0 Å². The van der Waals surface area contributed by atoms with Crippen LogP contribution in [0.15, 0.2) is 54.6 Å². The molecule has 2 aromatic rings. The quantitative estimate of drug-likeness (QED) is 0.482. The minimum absolute atomic E-state index is 0.340. The highest BCUT2D eigenvalue weighted by Crippen LogP contribution is 2.37. The fraction of sp³-hybridized carbons (Fsp3) is 0.294. The standard InChI is InChI=1S/C11H14ClNOS.C6H5Cl/c1-8(2)13-11(7-14-15-13)9-3-5-10(12)6-4-9;7-6-4-2-1-3-5-6/h3-6,8,11H,7H2,1-2H3;1-5H. The van der Waals surface area contributed by atoms with Gasteiger partial charge in [0.1, 0.15) is 0 Å². The van der Waals surface area contributed by atoms with Crippen LogP contribution in [-0.4, -0.2) is 17.0 Å². The van der Waals surface area contributed by atoms with Crippen molar-refractivity contribution in [1.82, 2.24) is 4.31 Å². The van der Waals surface area contributed by atoms with Crippen LogP contribution >= 0.6 is 35.4 Å². The maximum atomic E-state index is 5.87. The Hall–Kier alpha value is -0.710. The van der Waals surface area contributed by atoms with Crippen LogP contribution in [0, 0.1) is 0 Å². The lowest BCUT2D eigenvalue weighted by Gasteiger charge is -2.24. The molecule has 0 aromatic heterocycles. The maximum Gasteiger partial charge on any atom is 0.0835 e. The van der Waals surface area contributed by atoms with Gasteiger partial charge in [-0.1, -0.05) is 53.5 Å². The molecule has 0 amide bonds. The molecule has 0 N–H and O–H groups in total. The van der Waals surface area contributed by atoms with Gasteiger partial charge in [-0.05, 0) is 43.7 Å². The third-order valence-electron chi connectivity index (χ3n) is 3.17. The number of benzene rings is 2. The van der Waals surface area contributed by atoms with Gasteiger partial charge in [0.15, 0.2) is 0 Å². The molecule has 2 nitrogen and oxygen atoms in total. The van der Waals surface area contributed by atoms with E-state index < -0.39 is 0 Å². The first-order valence-corrected chi connectivity index (χ1v) is 8.57. The summed E-state index contributed by atoms with van der Waals surface area (Å²) >= 11 is 12.9. The van der Waals surface area contributed by atoms with E-state index >= 15 is 0 Å². The molecule has 1 heterocycles. The third kappa shape index (κ3) is 5.18. The first-order valence-electron chi connectivity index (χ1n) is 7.12. The lowest BCUT2D eigenvalue weighted by Crippen LogP contribution is -2.25. The summed E-state index contributed by atoms with van der Waals surface area (Å²) in [6.45, 7) is 5.08. The molecular weight excluding hydrogens is 337 g/mol. The van der Waals surface area contributed by atoms with Gasteiger partial charge in [-0.3, -0.25) is 4.18 Å². The number of hydrogen-bond acceptors (Lipinski definition) is 3. The predicted octanol–water partition coefficient (Wildman–Crippen LogP) is 6.02. The summed E-state index contributed by atoms with van der Waals surface area (Å²) < 4.78 is 7.69. The zero-order chi connectivity index (χ0) is 15.9. The average molecular weight is 356 g/mol. The second kappa shape index (κ2) is 8.80. The lowest BCUT2D eigenvalue weighted by molar-refractivity contribution is 0.287. The Morgan fingerprint density at radius 2 is 1.59 bits per heavy atom. The molecule has 0 aliphatic carbocycles. The Bertz CT molecular complexity index is 563. The molecule has 3 rings (SSSR count). The highest BCUT2D eigenvalue weighted by atomic mass is 35.5. The number of hydrogen-bond donors (Lipinski definition) is 0. The van der Waals surface area contributed by atoms with Crippen LogP contribution in [0.4, 0.5) is 0 Å². The van der Waals surface area contributed by atoms with E-state index in [1.807, 2.05) is 42.5 Å². The van der Waals surface area contributed by atoms with Gasteiger partial charge in [0.25, 0.3) is 0 Å². The van der Waals surface area contributed by atoms with Gasteiger partial charge in [0.05, 0.1) is 24.9 Å². The molecule has 1 aliphatic heterocycles. The SMILES string of the molecule is CC(C)N1SOCC1c1ccc(Cl)cc1.Clc1ccccc1. The molecule has 1 atom stereocenters. The van der Waals surface area contributed by atoms with Crippen molar-refractivity contribution in [3.8, 4) is 0 Å². The van der Waals surface area contributed by atoms with Crippen LogP contribution in [0.3, 0.4) is 0 Å². The molecule has 0 radical (unpaired) electrons. The van der Waals surface area contributed by atoms with E-state index in [1.54, 1.807) is 0 Å². The van der Waals surface area contributed by atoms with E-state index in [2.05, 4.69) is 30.3 Å². The van der Waals surface area contributed by atoms with Crippen LogP contribution in [0.2, 0.25) is 10.0 Å². The molecule has 5 heteroatoms. The molecule has 1 aliphatic rings. The Kier molecular flexibility index (Phi) is 7.06. The fourth-order valence-corrected chi connectivity index (χ4v) is 3.11. The van der Waals surface area contributed by atoms with Gasteiger partial charge in [-0.15, -0.1) is 0 Å². The van der Waals surface area contributed by atoms with Crippen molar-refractivity contribution in [2.24, 2.45) is 0 Å². The van der Waals surface area contributed by atoms with E-state index in [0.29, 0.717) is 12.1 Å². The number of halogens is 2. The number of rotatable bonds is 2. The Morgan fingerprint density at radius 1 is 1.00 bits per heavy atom. The average Bonchev–Trinajstić information content (AvgIpc) is 2.99. The summed E-state index contributed by atoms with van der Waals surface area (Å²) in [6.07, 6.45) is 0. The Morgan fingerprint density at radius 3 is 2.09 bits per heavy atom. The van der Waals surface area contributed by atoms with Crippen LogP contribution < -0.4 is 0 Å². The molecule has 0 saturated carbocycles. The molecule has 0 spiro atoms. The summed E-state index contributed by atoms with van der Waals surface area (Å²) in [6, 6.07) is 18.2. The predicted molar refractivity (Wildman–Crippen MR) is 96.2 cm³/mol. The summed E-state index contributed by atoms with van der Waals surface area (Å²) in [5.74, 6) is 0. The van der Waals surface area contributed by atoms with Crippen LogP contribution in [0.25, 0.3) is 0 Å². The third-order valence-corrected chi connectivity index (χ3v) is 4.76. The minimum atomic E-state index is 0.340. The summed E-state index contributed by atoms with van der Waals surface area (Å²) in [4.78, 5) is 0. The van der Waals surface area contributed by atoms with Gasteiger partial charge < -0.3 is 0 Å². The minimum Gasteiger partial charge on any atom is -0.299 e. The van der Waals surface area contributed by atoms with E-state index in [1.165, 1.54) is 17.8 Å². The molecule has 1 saturated heterocycles. The highest BCUT2D eigenvalue weighted by Gasteiger charge is 2.30. The lowest BCUT2D eigenvalue weighted by atomic mass is 10.1. The topological polar surface area (TPSA) is 12.5 Å². The van der Waals surface area contributed by atoms with Gasteiger partial charge in [0.2, 0.25) is 0 Å². The van der Waals surface area contributed by atoms with Crippen LogP contribution in [0.1, 0.15) is 25.5 Å². The number of nitrogens with zero attached hydrogens (tertiary/aromatic N) is 1. The molecule has 2 aromatic carbocycles. The first kappa shape index (κ1) is 17.6. The van der Waals surface area contributed by atoms with Gasteiger partial charge in [0, 0.05) is 16.1 Å². The largest absolute Gasteiger partial charge is 0.299 e. The van der Waals surface area contributed by atoms with Crippen molar-refractivity contribution >= 4 is 35.4 Å². The van der Waals surface area contributed by atoms with E-state index in [-0.39, 0.29) is 0 Å². The van der Waals surface area contributed by atoms with Crippen LogP contribution in [-0.2, 0) is 4.18 Å². The fourth-order valence-electron chi connectivity index (χ4n) is 2.07. The monoisotopic (exact) mass is 355 g/mol. The highest BCUT2D eigenvalue weighted by molar-refractivity contribution is 7.92. The van der Waals surface area contributed by atoms with Crippen molar-refractivity contribution in [2.75, 3.05) is 6.61 Å². The van der Waals surface area contributed by atoms with Gasteiger partial charge >= 0.3 is 0 Å². The molecule has 118 valence electrons. The van der Waals surface area contributed by atoms with Gasteiger partial charge in [-0.2, -0.15) is 0 Å². The van der Waals surface area contributed by atoms with Gasteiger partial charge in [-0.25, -0.2) is 4.31 Å². The second-order valence-electron chi connectivity index (χ2n) is 5.18. The Labute approximate surface area is 146 Å². The second-order valence-corrected chi connectivity index (χ2v) is 6.85. The van der Waals surface area contributed by atoms with E-state index in [0.717, 1.165) is 16.7 Å². The van der Waals surface area contributed by atoms with Crippen molar-refractivity contribution < 1.29 is 4.18 Å². The molecular formula is C17H19Cl2NOS. The molecule has 1 unspecified atom stereocenters. The summed E-state index contributed by atoms with van der Waals surface area (Å²) in [5.41, 5.74) is 1.26. The van der Waals surface area contributed by atoms with Crippen molar-refractivity contribution in [3.05, 3.63) is 70.2 Å². The van der Waals surface area contributed by atoms with Crippen molar-refractivity contribution in [1.29, 1.82) is 0 Å².